The van der Waals surface area contributed by atoms with E-state index in [0.717, 1.165) is 39.4 Å². The molecule has 1 amide bonds. The number of fused-ring (bicyclic) bond motifs is 1. The summed E-state index contributed by atoms with van der Waals surface area (Å²) in [6.07, 6.45) is 4.30. The van der Waals surface area contributed by atoms with Crippen molar-refractivity contribution >= 4 is 34.4 Å². The van der Waals surface area contributed by atoms with Gasteiger partial charge >= 0.3 is 0 Å². The van der Waals surface area contributed by atoms with E-state index in [1.54, 1.807) is 10.9 Å². The molecule has 0 unspecified atom stereocenters. The van der Waals surface area contributed by atoms with Gasteiger partial charge in [0.15, 0.2) is 5.65 Å². The first-order valence-electron chi connectivity index (χ1n) is 10.4. The summed E-state index contributed by atoms with van der Waals surface area (Å²) in [5.74, 6) is 0.327. The average Bonchev–Trinajstić information content (AvgIpc) is 3.24. The smallest absolute Gasteiger partial charge is 0.237 e. The number of benzene rings is 2. The number of nitrogens with one attached hydrogen (secondary N) is 1. The van der Waals surface area contributed by atoms with Crippen molar-refractivity contribution in [2.75, 3.05) is 5.32 Å². The Kier molecular flexibility index (Phi) is 6.32. The number of rotatable bonds is 7. The van der Waals surface area contributed by atoms with Crippen LogP contribution in [0.5, 0.6) is 0 Å². The fourth-order valence-corrected chi connectivity index (χ4v) is 4.27. The lowest BCUT2D eigenvalue weighted by Crippen LogP contribution is -2.23. The van der Waals surface area contributed by atoms with Gasteiger partial charge in [-0.1, -0.05) is 62.0 Å². The number of carbonyl (C=O) groups is 1. The molecular formula is C24H25N5OS. The number of nitrogens with zero attached hydrogens (tertiary/aromatic N) is 4. The summed E-state index contributed by atoms with van der Waals surface area (Å²) in [7, 11) is 0. The molecule has 2 atom stereocenters. The molecular weight excluding hydrogens is 406 g/mol. The molecule has 31 heavy (non-hydrogen) atoms. The van der Waals surface area contributed by atoms with Crippen molar-refractivity contribution in [3.63, 3.8) is 0 Å². The van der Waals surface area contributed by atoms with Gasteiger partial charge in [0.1, 0.15) is 11.4 Å². The third-order valence-corrected chi connectivity index (χ3v) is 6.47. The highest BCUT2D eigenvalue weighted by atomic mass is 32.2. The zero-order chi connectivity index (χ0) is 21.8. The minimum atomic E-state index is -0.330. The van der Waals surface area contributed by atoms with Crippen LogP contribution in [-0.4, -0.2) is 30.9 Å². The van der Waals surface area contributed by atoms with Crippen molar-refractivity contribution < 1.29 is 4.79 Å². The molecule has 4 rings (SSSR count). The summed E-state index contributed by atoms with van der Waals surface area (Å²) in [6, 6.07) is 17.8. The fourth-order valence-electron chi connectivity index (χ4n) is 3.39. The number of amides is 1. The van der Waals surface area contributed by atoms with E-state index in [2.05, 4.69) is 40.3 Å². The molecule has 2 aromatic carbocycles. The topological polar surface area (TPSA) is 72.7 Å². The summed E-state index contributed by atoms with van der Waals surface area (Å²) >= 11 is 1.41. The molecule has 1 N–H and O–H groups in total. The van der Waals surface area contributed by atoms with Crippen LogP contribution in [0.1, 0.15) is 38.7 Å². The van der Waals surface area contributed by atoms with Gasteiger partial charge in [-0.3, -0.25) is 4.79 Å². The predicted molar refractivity (Wildman–Crippen MR) is 126 cm³/mol. The predicted octanol–water partition coefficient (Wildman–Crippen LogP) is 5.45. The first-order valence-corrected chi connectivity index (χ1v) is 11.3. The van der Waals surface area contributed by atoms with Crippen molar-refractivity contribution in [2.24, 2.45) is 0 Å². The van der Waals surface area contributed by atoms with E-state index in [-0.39, 0.29) is 11.2 Å². The summed E-state index contributed by atoms with van der Waals surface area (Å²) in [5, 5.41) is 8.83. The minimum Gasteiger partial charge on any atom is -0.325 e. The largest absolute Gasteiger partial charge is 0.325 e. The lowest BCUT2D eigenvalue weighted by molar-refractivity contribution is -0.115. The Morgan fingerprint density at radius 3 is 2.58 bits per heavy atom. The monoisotopic (exact) mass is 431 g/mol. The van der Waals surface area contributed by atoms with Gasteiger partial charge in [0.2, 0.25) is 5.91 Å². The van der Waals surface area contributed by atoms with E-state index in [4.69, 9.17) is 0 Å². The van der Waals surface area contributed by atoms with Gasteiger partial charge in [0, 0.05) is 5.69 Å². The molecule has 0 spiro atoms. The van der Waals surface area contributed by atoms with Crippen molar-refractivity contribution in [1.82, 2.24) is 19.7 Å². The van der Waals surface area contributed by atoms with E-state index in [1.807, 2.05) is 55.5 Å². The normalized spacial score (nSPS) is 13.1. The Morgan fingerprint density at radius 2 is 1.81 bits per heavy atom. The quantitative estimate of drug-likeness (QED) is 0.311. The highest BCUT2D eigenvalue weighted by molar-refractivity contribution is 8.00. The Morgan fingerprint density at radius 1 is 1.06 bits per heavy atom. The molecule has 0 aliphatic heterocycles. The summed E-state index contributed by atoms with van der Waals surface area (Å²) < 4.78 is 1.79. The first kappa shape index (κ1) is 21.1. The zero-order valence-corrected chi connectivity index (χ0v) is 18.6. The van der Waals surface area contributed by atoms with Crippen LogP contribution in [0.25, 0.3) is 16.7 Å². The third-order valence-electron chi connectivity index (χ3n) is 5.35. The second-order valence-electron chi connectivity index (χ2n) is 7.45. The molecule has 0 aliphatic carbocycles. The van der Waals surface area contributed by atoms with Crippen molar-refractivity contribution in [2.45, 2.75) is 43.4 Å². The van der Waals surface area contributed by atoms with E-state index in [1.165, 1.54) is 18.1 Å². The number of hydrogen-bond donors (Lipinski definition) is 1. The Balaban J connectivity index is 1.55. The van der Waals surface area contributed by atoms with Gasteiger partial charge < -0.3 is 5.32 Å². The Bertz CT molecular complexity index is 1190. The number of aromatic nitrogens is 4. The molecule has 7 heteroatoms. The van der Waals surface area contributed by atoms with Gasteiger partial charge in [-0.25, -0.2) is 14.6 Å². The van der Waals surface area contributed by atoms with Gasteiger partial charge in [0.25, 0.3) is 0 Å². The molecule has 0 fully saturated rings. The van der Waals surface area contributed by atoms with Crippen molar-refractivity contribution in [3.05, 3.63) is 72.7 Å². The van der Waals surface area contributed by atoms with Crippen LogP contribution in [0.4, 0.5) is 5.69 Å². The Labute approximate surface area is 186 Å². The van der Waals surface area contributed by atoms with Crippen LogP contribution in [0, 0.1) is 0 Å². The summed E-state index contributed by atoms with van der Waals surface area (Å²) in [5.41, 5.74) is 3.68. The number of hydrogen-bond acceptors (Lipinski definition) is 5. The van der Waals surface area contributed by atoms with Gasteiger partial charge in [-0.2, -0.15) is 5.10 Å². The van der Waals surface area contributed by atoms with Crippen LogP contribution in [0.15, 0.2) is 72.1 Å². The van der Waals surface area contributed by atoms with Crippen LogP contribution >= 0.6 is 11.8 Å². The highest BCUT2D eigenvalue weighted by Gasteiger charge is 2.20. The maximum Gasteiger partial charge on any atom is 0.237 e. The van der Waals surface area contributed by atoms with E-state index >= 15 is 0 Å². The molecule has 0 saturated carbocycles. The van der Waals surface area contributed by atoms with E-state index in [9.17, 15) is 4.79 Å². The maximum absolute atomic E-state index is 12.9. The molecule has 0 aliphatic rings. The van der Waals surface area contributed by atoms with Crippen LogP contribution in [-0.2, 0) is 4.79 Å². The molecule has 2 heterocycles. The molecule has 6 nitrogen and oxygen atoms in total. The van der Waals surface area contributed by atoms with E-state index < -0.39 is 0 Å². The second-order valence-corrected chi connectivity index (χ2v) is 8.78. The molecule has 4 aromatic rings. The van der Waals surface area contributed by atoms with Gasteiger partial charge in [0.05, 0.1) is 22.5 Å². The molecule has 2 aromatic heterocycles. The van der Waals surface area contributed by atoms with Crippen LogP contribution in [0.2, 0.25) is 0 Å². The van der Waals surface area contributed by atoms with Crippen LogP contribution < -0.4 is 5.32 Å². The van der Waals surface area contributed by atoms with Gasteiger partial charge in [-0.05, 0) is 43.0 Å². The number of thioether (sulfide) groups is 1. The lowest BCUT2D eigenvalue weighted by Gasteiger charge is -2.17. The fraction of sp³-hybridized carbons (Fsp3) is 0.250. The Hall–Kier alpha value is -3.19. The van der Waals surface area contributed by atoms with Crippen molar-refractivity contribution in [1.29, 1.82) is 0 Å². The summed E-state index contributed by atoms with van der Waals surface area (Å²) in [4.78, 5) is 21.8. The lowest BCUT2D eigenvalue weighted by atomic mass is 9.97. The molecule has 0 radical (unpaired) electrons. The highest BCUT2D eigenvalue weighted by Crippen LogP contribution is 2.31. The van der Waals surface area contributed by atoms with Gasteiger partial charge in [-0.15, -0.1) is 0 Å². The number of para-hydroxylation sites is 2. The van der Waals surface area contributed by atoms with Crippen LogP contribution in [0.3, 0.4) is 0 Å². The number of carbonyl (C=O) groups excluding carboxylic acids is 1. The average molecular weight is 432 g/mol. The van der Waals surface area contributed by atoms with Crippen molar-refractivity contribution in [3.8, 4) is 5.69 Å². The SMILES string of the molecule is CC[C@H](C)c1ccccc1NC(=O)[C@@H](C)Sc1ncnc2c1cnn2-c1ccccc1. The standard InChI is InChI=1S/C24H25N5OS/c1-4-16(2)19-12-8-9-13-21(19)28-23(30)17(3)31-24-20-14-27-29(22(20)25-15-26-24)18-10-6-5-7-11-18/h5-17H,4H2,1-3H3,(H,28,30)/t16-,17+/m0/s1. The second kappa shape index (κ2) is 9.31. The number of anilines is 1. The molecule has 158 valence electrons. The summed E-state index contributed by atoms with van der Waals surface area (Å²) in [6.45, 7) is 6.21. The molecule has 0 bridgehead atoms. The third kappa shape index (κ3) is 4.46. The zero-order valence-electron chi connectivity index (χ0n) is 17.8. The molecule has 0 saturated heterocycles. The minimum absolute atomic E-state index is 0.0528. The maximum atomic E-state index is 12.9. The van der Waals surface area contributed by atoms with E-state index in [0.29, 0.717) is 5.92 Å². The first-order chi connectivity index (χ1) is 15.1.